The van der Waals surface area contributed by atoms with Crippen LogP contribution in [0.25, 0.3) is 16.4 Å². The Balaban J connectivity index is 1.72. The van der Waals surface area contributed by atoms with Crippen molar-refractivity contribution in [1.29, 1.82) is 0 Å². The van der Waals surface area contributed by atoms with Crippen molar-refractivity contribution in [2.24, 2.45) is 0 Å². The molecule has 0 bridgehead atoms. The number of thiophene rings is 1. The number of rotatable bonds is 4. The fourth-order valence-electron chi connectivity index (χ4n) is 2.48. The van der Waals surface area contributed by atoms with E-state index in [4.69, 9.17) is 0 Å². The molecule has 0 unspecified atom stereocenters. The fourth-order valence-corrected chi connectivity index (χ4v) is 3.17. The number of nitrogens with one attached hydrogen (secondary N) is 1. The van der Waals surface area contributed by atoms with Gasteiger partial charge in [0, 0.05) is 6.20 Å². The van der Waals surface area contributed by atoms with Gasteiger partial charge in [0.2, 0.25) is 5.82 Å². The molecule has 3 heterocycles. The van der Waals surface area contributed by atoms with Crippen LogP contribution in [0.5, 0.6) is 0 Å². The molecule has 0 atom stereocenters. The van der Waals surface area contributed by atoms with E-state index in [1.807, 2.05) is 30.5 Å². The number of amides is 1. The van der Waals surface area contributed by atoms with Gasteiger partial charge in [-0.25, -0.2) is 19.0 Å². The van der Waals surface area contributed by atoms with Crippen molar-refractivity contribution in [1.82, 2.24) is 19.7 Å². The maximum Gasteiger partial charge on any atom is 0.296 e. The number of hydrogen-bond acceptors (Lipinski definition) is 5. The molecule has 8 heteroatoms. The lowest BCUT2D eigenvalue weighted by atomic mass is 10.3. The summed E-state index contributed by atoms with van der Waals surface area (Å²) < 4.78 is 15.1. The monoisotopic (exact) mass is 379 g/mol. The van der Waals surface area contributed by atoms with Crippen LogP contribution in [0.3, 0.4) is 0 Å². The molecule has 0 aliphatic rings. The van der Waals surface area contributed by atoms with Crippen LogP contribution < -0.4 is 5.32 Å². The third-order valence-electron chi connectivity index (χ3n) is 3.76. The number of aromatic nitrogens is 4. The Morgan fingerprint density at radius 2 is 2.07 bits per heavy atom. The van der Waals surface area contributed by atoms with Gasteiger partial charge in [0.25, 0.3) is 5.91 Å². The van der Waals surface area contributed by atoms with Crippen molar-refractivity contribution in [3.8, 4) is 16.4 Å². The maximum absolute atomic E-state index is 13.7. The highest BCUT2D eigenvalue weighted by Crippen LogP contribution is 2.26. The number of nitrogens with zero attached hydrogens (tertiary/aromatic N) is 4. The zero-order valence-electron chi connectivity index (χ0n) is 14.3. The number of anilines is 1. The van der Waals surface area contributed by atoms with E-state index in [9.17, 15) is 9.18 Å². The fraction of sp³-hybridized carbons (Fsp3) is 0.0526. The van der Waals surface area contributed by atoms with Crippen molar-refractivity contribution >= 4 is 23.1 Å². The smallest absolute Gasteiger partial charge is 0.296 e. The van der Waals surface area contributed by atoms with Crippen molar-refractivity contribution in [3.63, 3.8) is 0 Å². The Morgan fingerprint density at radius 3 is 2.78 bits per heavy atom. The van der Waals surface area contributed by atoms with Crippen LogP contribution in [0.15, 0.2) is 60.1 Å². The zero-order chi connectivity index (χ0) is 18.8. The normalized spacial score (nSPS) is 10.7. The summed E-state index contributed by atoms with van der Waals surface area (Å²) in [5.74, 6) is -0.0256. The summed E-state index contributed by atoms with van der Waals surface area (Å²) in [7, 11) is 0. The third-order valence-corrected chi connectivity index (χ3v) is 4.62. The lowest BCUT2D eigenvalue weighted by molar-refractivity contribution is 0.101. The van der Waals surface area contributed by atoms with Crippen molar-refractivity contribution < 1.29 is 9.18 Å². The number of carbonyl (C=O) groups excluding carboxylic acids is 1. The second-order valence-electron chi connectivity index (χ2n) is 5.80. The third kappa shape index (κ3) is 3.61. The largest absolute Gasteiger partial charge is 0.304 e. The molecule has 0 radical (unpaired) electrons. The molecule has 0 saturated heterocycles. The average molecular weight is 379 g/mol. The molecule has 134 valence electrons. The number of pyridine rings is 1. The Bertz CT molecular complexity index is 1090. The van der Waals surface area contributed by atoms with Gasteiger partial charge in [-0.1, -0.05) is 18.2 Å². The molecule has 0 fully saturated rings. The topological polar surface area (TPSA) is 72.7 Å². The van der Waals surface area contributed by atoms with E-state index in [-0.39, 0.29) is 5.82 Å². The lowest BCUT2D eigenvalue weighted by Gasteiger charge is -2.04. The van der Waals surface area contributed by atoms with Crippen LogP contribution in [0, 0.1) is 12.7 Å². The summed E-state index contributed by atoms with van der Waals surface area (Å²) in [6, 6.07) is 13.3. The van der Waals surface area contributed by atoms with E-state index in [1.165, 1.54) is 28.2 Å². The van der Waals surface area contributed by atoms with Gasteiger partial charge in [-0.15, -0.1) is 16.4 Å². The molecular weight excluding hydrogens is 365 g/mol. The molecule has 4 aromatic rings. The van der Waals surface area contributed by atoms with Crippen molar-refractivity contribution in [2.45, 2.75) is 6.92 Å². The van der Waals surface area contributed by atoms with Crippen LogP contribution in [0.4, 0.5) is 10.2 Å². The molecule has 4 rings (SSSR count). The van der Waals surface area contributed by atoms with E-state index in [0.717, 1.165) is 10.4 Å². The van der Waals surface area contributed by atoms with Crippen LogP contribution in [0.1, 0.15) is 16.2 Å². The Hall–Kier alpha value is -3.39. The van der Waals surface area contributed by atoms with Gasteiger partial charge >= 0.3 is 0 Å². The number of hydrogen-bond donors (Lipinski definition) is 1. The molecule has 27 heavy (non-hydrogen) atoms. The maximum atomic E-state index is 13.7. The van der Waals surface area contributed by atoms with Gasteiger partial charge in [-0.05, 0) is 48.2 Å². The summed E-state index contributed by atoms with van der Waals surface area (Å²) in [6.07, 6.45) is 1.66. The number of aryl methyl sites for hydroxylation is 1. The molecule has 0 spiro atoms. The summed E-state index contributed by atoms with van der Waals surface area (Å²) in [5, 5.41) is 8.87. The highest BCUT2D eigenvalue weighted by atomic mass is 32.1. The molecule has 0 aliphatic heterocycles. The van der Waals surface area contributed by atoms with Crippen LogP contribution >= 0.6 is 11.3 Å². The van der Waals surface area contributed by atoms with Crippen molar-refractivity contribution in [2.75, 3.05) is 5.32 Å². The van der Waals surface area contributed by atoms with Gasteiger partial charge in [0.15, 0.2) is 5.82 Å². The van der Waals surface area contributed by atoms with E-state index in [1.54, 1.807) is 24.4 Å². The molecule has 1 aromatic carbocycles. The zero-order valence-corrected chi connectivity index (χ0v) is 15.1. The first kappa shape index (κ1) is 17.0. The molecule has 3 aromatic heterocycles. The van der Waals surface area contributed by atoms with Crippen LogP contribution in [-0.2, 0) is 0 Å². The van der Waals surface area contributed by atoms with Crippen LogP contribution in [0.2, 0.25) is 0 Å². The Kier molecular flexibility index (Phi) is 4.47. The first-order valence-corrected chi connectivity index (χ1v) is 8.99. The van der Waals surface area contributed by atoms with Crippen molar-refractivity contribution in [3.05, 3.63) is 77.3 Å². The molecule has 1 N–H and O–H groups in total. The predicted octanol–water partition coefficient (Wildman–Crippen LogP) is 4.09. The van der Waals surface area contributed by atoms with E-state index in [0.29, 0.717) is 17.3 Å². The minimum atomic E-state index is -0.487. The Morgan fingerprint density at radius 1 is 1.19 bits per heavy atom. The summed E-state index contributed by atoms with van der Waals surface area (Å²) in [6.45, 7) is 1.91. The molecule has 0 aliphatic carbocycles. The SMILES string of the molecule is Cc1ccc(NC(=O)c2nc(-c3cccs3)n(-c3cccc(F)c3)n2)nc1. The summed E-state index contributed by atoms with van der Waals surface area (Å²) in [4.78, 5) is 21.9. The van der Waals surface area contributed by atoms with E-state index < -0.39 is 11.7 Å². The minimum absolute atomic E-state index is 0.0231. The lowest BCUT2D eigenvalue weighted by Crippen LogP contribution is -2.15. The minimum Gasteiger partial charge on any atom is -0.304 e. The van der Waals surface area contributed by atoms with Gasteiger partial charge < -0.3 is 5.32 Å². The Labute approximate surface area is 158 Å². The quantitative estimate of drug-likeness (QED) is 0.580. The van der Waals surface area contributed by atoms with Crippen LogP contribution in [-0.4, -0.2) is 25.7 Å². The highest BCUT2D eigenvalue weighted by molar-refractivity contribution is 7.13. The standard InChI is InChI=1S/C19H14FN5OS/c1-12-7-8-16(21-11-12)22-19(26)17-23-18(15-6-3-9-27-15)25(24-17)14-5-2-4-13(20)10-14/h2-11H,1H3,(H,21,22,26). The van der Waals surface area contributed by atoms with E-state index >= 15 is 0 Å². The van der Waals surface area contributed by atoms with Gasteiger partial charge in [0.05, 0.1) is 10.6 Å². The predicted molar refractivity (Wildman–Crippen MR) is 102 cm³/mol. The average Bonchev–Trinajstić information content (AvgIpc) is 3.33. The number of carbonyl (C=O) groups is 1. The highest BCUT2D eigenvalue weighted by Gasteiger charge is 2.20. The second kappa shape index (κ2) is 7.08. The first-order chi connectivity index (χ1) is 13.1. The number of benzene rings is 1. The van der Waals surface area contributed by atoms with Gasteiger partial charge in [-0.3, -0.25) is 4.79 Å². The molecule has 0 saturated carbocycles. The second-order valence-corrected chi connectivity index (χ2v) is 6.75. The van der Waals surface area contributed by atoms with E-state index in [2.05, 4.69) is 20.4 Å². The molecular formula is C19H14FN5OS. The number of halogens is 1. The van der Waals surface area contributed by atoms with Gasteiger partial charge in [-0.2, -0.15) is 0 Å². The summed E-state index contributed by atoms with van der Waals surface area (Å²) in [5.41, 5.74) is 1.47. The molecule has 6 nitrogen and oxygen atoms in total. The molecule has 1 amide bonds. The first-order valence-electron chi connectivity index (χ1n) is 8.11. The summed E-state index contributed by atoms with van der Waals surface area (Å²) >= 11 is 1.46. The van der Waals surface area contributed by atoms with Gasteiger partial charge in [0.1, 0.15) is 11.6 Å².